The summed E-state index contributed by atoms with van der Waals surface area (Å²) in [6.45, 7) is 5.51. The van der Waals surface area contributed by atoms with Gasteiger partial charge in [-0.25, -0.2) is 9.37 Å². The Balaban J connectivity index is 1.91. The molecule has 2 N–H and O–H groups in total. The molecule has 0 amide bonds. The normalized spacial score (nSPS) is 18.6. The van der Waals surface area contributed by atoms with Crippen molar-refractivity contribution in [3.05, 3.63) is 24.1 Å². The van der Waals surface area contributed by atoms with Crippen molar-refractivity contribution < 1.29 is 9.13 Å². The van der Waals surface area contributed by atoms with Crippen molar-refractivity contribution in [2.45, 2.75) is 19.4 Å². The second kappa shape index (κ2) is 8.53. The molecule has 1 aromatic heterocycles. The van der Waals surface area contributed by atoms with Crippen LogP contribution in [0, 0.1) is 5.82 Å². The van der Waals surface area contributed by atoms with Gasteiger partial charge in [-0.05, 0) is 25.5 Å². The van der Waals surface area contributed by atoms with Crippen LogP contribution in [0.5, 0.6) is 0 Å². The maximum atomic E-state index is 13.8. The van der Waals surface area contributed by atoms with E-state index in [1.54, 1.807) is 19.4 Å². The number of hydrogen-bond acceptors (Lipinski definition) is 4. The van der Waals surface area contributed by atoms with Gasteiger partial charge in [0.15, 0.2) is 17.6 Å². The Bertz CT molecular complexity index is 497. The summed E-state index contributed by atoms with van der Waals surface area (Å²) in [6.07, 6.45) is 2.54. The monoisotopic (exact) mass is 309 g/mol. The highest BCUT2D eigenvalue weighted by atomic mass is 19.1. The summed E-state index contributed by atoms with van der Waals surface area (Å²) in [6, 6.07) is 3.28. The molecule has 6 nitrogen and oxygen atoms in total. The maximum Gasteiger partial charge on any atom is 0.191 e. The number of rotatable bonds is 6. The molecule has 2 heterocycles. The minimum absolute atomic E-state index is 0.224. The first-order valence-electron chi connectivity index (χ1n) is 7.63. The quantitative estimate of drug-likeness (QED) is 0.466. The zero-order valence-corrected chi connectivity index (χ0v) is 13.2. The van der Waals surface area contributed by atoms with Crippen LogP contribution in [0.4, 0.5) is 10.2 Å². The summed E-state index contributed by atoms with van der Waals surface area (Å²) in [5.41, 5.74) is 0. The predicted molar refractivity (Wildman–Crippen MR) is 85.8 cm³/mol. The highest BCUT2D eigenvalue weighted by molar-refractivity contribution is 5.80. The standard InChI is InChI=1S/C15H24FN5O/c1-3-17-15(19-8-10-22-2)20-12-6-9-21(11-12)14-13(16)5-4-7-18-14/h4-5,7,12H,3,6,8-11H2,1-2H3,(H2,17,19,20). The van der Waals surface area contributed by atoms with Gasteiger partial charge >= 0.3 is 0 Å². The summed E-state index contributed by atoms with van der Waals surface area (Å²) in [7, 11) is 1.66. The number of halogens is 1. The van der Waals surface area contributed by atoms with E-state index < -0.39 is 0 Å². The zero-order chi connectivity index (χ0) is 15.8. The lowest BCUT2D eigenvalue weighted by Crippen LogP contribution is -2.44. The van der Waals surface area contributed by atoms with Crippen LogP contribution < -0.4 is 15.5 Å². The number of aliphatic imine (C=N–C) groups is 1. The fourth-order valence-corrected chi connectivity index (χ4v) is 2.44. The van der Waals surface area contributed by atoms with Crippen LogP contribution in [0.3, 0.4) is 0 Å². The number of hydrogen-bond donors (Lipinski definition) is 2. The second-order valence-corrected chi connectivity index (χ2v) is 5.14. The first-order chi connectivity index (χ1) is 10.7. The molecule has 0 spiro atoms. The topological polar surface area (TPSA) is 61.8 Å². The van der Waals surface area contributed by atoms with E-state index in [1.165, 1.54) is 6.07 Å². The Kier molecular flexibility index (Phi) is 6.39. The number of guanidine groups is 1. The lowest BCUT2D eigenvalue weighted by Gasteiger charge is -2.19. The number of ether oxygens (including phenoxy) is 1. The molecule has 0 aromatic carbocycles. The van der Waals surface area contributed by atoms with E-state index in [2.05, 4.69) is 20.6 Å². The van der Waals surface area contributed by atoms with Crippen LogP contribution in [0.25, 0.3) is 0 Å². The molecule has 0 saturated carbocycles. The molecular weight excluding hydrogens is 285 g/mol. The molecule has 1 unspecified atom stereocenters. The van der Waals surface area contributed by atoms with Gasteiger partial charge in [0.2, 0.25) is 0 Å². The molecule has 1 fully saturated rings. The van der Waals surface area contributed by atoms with E-state index in [-0.39, 0.29) is 11.9 Å². The smallest absolute Gasteiger partial charge is 0.191 e. The van der Waals surface area contributed by atoms with Gasteiger partial charge in [0.05, 0.1) is 13.2 Å². The van der Waals surface area contributed by atoms with Crippen molar-refractivity contribution >= 4 is 11.8 Å². The molecule has 0 radical (unpaired) electrons. The Morgan fingerprint density at radius 1 is 1.59 bits per heavy atom. The van der Waals surface area contributed by atoms with Gasteiger partial charge in [-0.2, -0.15) is 0 Å². The highest BCUT2D eigenvalue weighted by Gasteiger charge is 2.25. The van der Waals surface area contributed by atoms with Gasteiger partial charge in [0.25, 0.3) is 0 Å². The Hall–Kier alpha value is -1.89. The average Bonchev–Trinajstić information content (AvgIpc) is 2.96. The average molecular weight is 309 g/mol. The summed E-state index contributed by atoms with van der Waals surface area (Å²) >= 11 is 0. The molecule has 1 atom stereocenters. The maximum absolute atomic E-state index is 13.8. The summed E-state index contributed by atoms with van der Waals surface area (Å²) < 4.78 is 18.8. The number of methoxy groups -OCH3 is 1. The van der Waals surface area contributed by atoms with E-state index in [0.29, 0.717) is 25.5 Å². The molecule has 7 heteroatoms. The van der Waals surface area contributed by atoms with Crippen LogP contribution in [-0.2, 0) is 4.74 Å². The van der Waals surface area contributed by atoms with Crippen LogP contribution >= 0.6 is 0 Å². The minimum atomic E-state index is -0.274. The van der Waals surface area contributed by atoms with Crippen molar-refractivity contribution in [2.24, 2.45) is 4.99 Å². The van der Waals surface area contributed by atoms with Gasteiger partial charge in [-0.1, -0.05) is 0 Å². The number of aromatic nitrogens is 1. The van der Waals surface area contributed by atoms with Gasteiger partial charge in [0, 0.05) is 39.0 Å². The highest BCUT2D eigenvalue weighted by Crippen LogP contribution is 2.20. The fraction of sp³-hybridized carbons (Fsp3) is 0.600. The zero-order valence-electron chi connectivity index (χ0n) is 13.2. The summed E-state index contributed by atoms with van der Waals surface area (Å²) in [5, 5.41) is 6.60. The molecule has 2 rings (SSSR count). The molecule has 0 bridgehead atoms. The third-order valence-electron chi connectivity index (χ3n) is 3.48. The molecule has 22 heavy (non-hydrogen) atoms. The molecular formula is C15H24FN5O. The molecule has 1 aliphatic rings. The lowest BCUT2D eigenvalue weighted by atomic mass is 10.3. The summed E-state index contributed by atoms with van der Waals surface area (Å²) in [4.78, 5) is 10.5. The van der Waals surface area contributed by atoms with Gasteiger partial charge in [-0.15, -0.1) is 0 Å². The van der Waals surface area contributed by atoms with E-state index in [9.17, 15) is 4.39 Å². The molecule has 122 valence electrons. The van der Waals surface area contributed by atoms with Crippen LogP contribution in [0.2, 0.25) is 0 Å². The number of nitrogens with zero attached hydrogens (tertiary/aromatic N) is 3. The van der Waals surface area contributed by atoms with Crippen LogP contribution in [0.1, 0.15) is 13.3 Å². The Morgan fingerprint density at radius 3 is 3.18 bits per heavy atom. The first kappa shape index (κ1) is 16.5. The van der Waals surface area contributed by atoms with E-state index in [4.69, 9.17) is 4.74 Å². The second-order valence-electron chi connectivity index (χ2n) is 5.14. The lowest BCUT2D eigenvalue weighted by molar-refractivity contribution is 0.208. The minimum Gasteiger partial charge on any atom is -0.383 e. The Morgan fingerprint density at radius 2 is 2.45 bits per heavy atom. The number of pyridine rings is 1. The first-order valence-corrected chi connectivity index (χ1v) is 7.63. The van der Waals surface area contributed by atoms with Gasteiger partial charge < -0.3 is 20.3 Å². The van der Waals surface area contributed by atoms with Crippen molar-refractivity contribution in [1.29, 1.82) is 0 Å². The SMILES string of the molecule is CCNC(=NCCOC)NC1CCN(c2ncccc2F)C1. The van der Waals surface area contributed by atoms with Crippen LogP contribution in [0.15, 0.2) is 23.3 Å². The van der Waals surface area contributed by atoms with E-state index in [1.807, 2.05) is 11.8 Å². The van der Waals surface area contributed by atoms with Crippen molar-refractivity contribution in [1.82, 2.24) is 15.6 Å². The Labute approximate surface area is 130 Å². The largest absolute Gasteiger partial charge is 0.383 e. The van der Waals surface area contributed by atoms with Crippen molar-refractivity contribution in [3.63, 3.8) is 0 Å². The molecule has 1 aromatic rings. The van der Waals surface area contributed by atoms with E-state index >= 15 is 0 Å². The van der Waals surface area contributed by atoms with Crippen molar-refractivity contribution in [2.75, 3.05) is 44.8 Å². The number of nitrogens with one attached hydrogen (secondary N) is 2. The number of anilines is 1. The molecule has 1 saturated heterocycles. The van der Waals surface area contributed by atoms with Gasteiger partial charge in [-0.3, -0.25) is 4.99 Å². The van der Waals surface area contributed by atoms with Crippen LogP contribution in [-0.4, -0.2) is 56.9 Å². The van der Waals surface area contributed by atoms with Gasteiger partial charge in [0.1, 0.15) is 0 Å². The third kappa shape index (κ3) is 4.56. The predicted octanol–water partition coefficient (Wildman–Crippen LogP) is 1.00. The van der Waals surface area contributed by atoms with E-state index in [0.717, 1.165) is 25.5 Å². The summed E-state index contributed by atoms with van der Waals surface area (Å²) in [5.74, 6) is 0.921. The third-order valence-corrected chi connectivity index (χ3v) is 3.48. The molecule has 1 aliphatic heterocycles. The molecule has 0 aliphatic carbocycles. The fourth-order valence-electron chi connectivity index (χ4n) is 2.44. The van der Waals surface area contributed by atoms with Crippen molar-refractivity contribution in [3.8, 4) is 0 Å².